The van der Waals surface area contributed by atoms with Crippen LogP contribution in [0.5, 0.6) is 0 Å². The Morgan fingerprint density at radius 3 is 2.58 bits per heavy atom. The van der Waals surface area contributed by atoms with Crippen LogP contribution in [0.3, 0.4) is 0 Å². The van der Waals surface area contributed by atoms with E-state index in [4.69, 9.17) is 0 Å². The Bertz CT molecular complexity index is 475. The first-order valence-corrected chi connectivity index (χ1v) is 6.42. The van der Waals surface area contributed by atoms with Crippen molar-refractivity contribution in [2.45, 2.75) is 19.8 Å². The predicted octanol–water partition coefficient (Wildman–Crippen LogP) is 1.79. The molecule has 0 bridgehead atoms. The Kier molecular flexibility index (Phi) is 3.83. The zero-order valence-electron chi connectivity index (χ0n) is 11.1. The summed E-state index contributed by atoms with van der Waals surface area (Å²) < 4.78 is 0. The first kappa shape index (κ1) is 13.5. The highest BCUT2D eigenvalue weighted by Crippen LogP contribution is 2.37. The van der Waals surface area contributed by atoms with Gasteiger partial charge in [0.15, 0.2) is 0 Å². The molecule has 1 amide bonds. The van der Waals surface area contributed by atoms with Crippen LogP contribution >= 0.6 is 0 Å². The minimum atomic E-state index is -0.878. The van der Waals surface area contributed by atoms with Crippen molar-refractivity contribution in [1.29, 1.82) is 0 Å². The van der Waals surface area contributed by atoms with E-state index >= 15 is 0 Å². The Balaban J connectivity index is 2.17. The molecule has 2 rings (SSSR count). The fourth-order valence-electron chi connectivity index (χ4n) is 2.75. The van der Waals surface area contributed by atoms with Gasteiger partial charge < -0.3 is 5.11 Å². The molecule has 1 saturated carbocycles. The van der Waals surface area contributed by atoms with Crippen molar-refractivity contribution in [2.75, 3.05) is 11.9 Å². The molecule has 0 aromatic carbocycles. The summed E-state index contributed by atoms with van der Waals surface area (Å²) in [5.74, 6) is -1.23. The summed E-state index contributed by atoms with van der Waals surface area (Å²) in [6.45, 7) is 1.99. The number of aliphatic carboxylic acids is 1. The zero-order valence-corrected chi connectivity index (χ0v) is 11.1. The van der Waals surface area contributed by atoms with E-state index in [2.05, 4.69) is 4.98 Å². The van der Waals surface area contributed by atoms with Gasteiger partial charge in [0, 0.05) is 13.2 Å². The van der Waals surface area contributed by atoms with E-state index in [1.54, 1.807) is 31.4 Å². The molecule has 0 spiro atoms. The average Bonchev–Trinajstić information content (AvgIpc) is 2.80. The van der Waals surface area contributed by atoms with Crippen LogP contribution in [0.25, 0.3) is 0 Å². The first-order chi connectivity index (χ1) is 9.00. The van der Waals surface area contributed by atoms with Gasteiger partial charge in [-0.15, -0.1) is 0 Å². The Morgan fingerprint density at radius 1 is 1.32 bits per heavy atom. The third-order valence-electron chi connectivity index (χ3n) is 3.76. The number of carboxylic acid groups (broad SMARTS) is 1. The van der Waals surface area contributed by atoms with Crippen LogP contribution in [0.15, 0.2) is 24.4 Å². The smallest absolute Gasteiger partial charge is 0.307 e. The average molecular weight is 262 g/mol. The standard InChI is InChI=1S/C14H18N2O3/c1-9-7-10(11(8-9)14(18)19)13(17)16(2)12-5-3-4-6-15-12/h3-6,9-11H,7-8H2,1-2H3,(H,18,19)/t9?,10-,11+/m0/s1. The molecule has 0 aliphatic heterocycles. The fraction of sp³-hybridized carbons (Fsp3) is 0.500. The molecule has 0 saturated heterocycles. The maximum Gasteiger partial charge on any atom is 0.307 e. The second-order valence-electron chi connectivity index (χ2n) is 5.21. The molecule has 5 nitrogen and oxygen atoms in total. The van der Waals surface area contributed by atoms with Gasteiger partial charge in [-0.2, -0.15) is 0 Å². The molecule has 1 aromatic heterocycles. The molecule has 1 fully saturated rings. The molecule has 1 N–H and O–H groups in total. The molecule has 1 aliphatic rings. The number of nitrogens with zero attached hydrogens (tertiary/aromatic N) is 2. The van der Waals surface area contributed by atoms with Crippen molar-refractivity contribution in [3.05, 3.63) is 24.4 Å². The summed E-state index contributed by atoms with van der Waals surface area (Å²) in [7, 11) is 1.65. The quantitative estimate of drug-likeness (QED) is 0.901. The van der Waals surface area contributed by atoms with Crippen LogP contribution < -0.4 is 4.90 Å². The topological polar surface area (TPSA) is 70.5 Å². The lowest BCUT2D eigenvalue weighted by atomic mass is 9.95. The van der Waals surface area contributed by atoms with Crippen molar-refractivity contribution in [3.8, 4) is 0 Å². The normalized spacial score (nSPS) is 26.1. The predicted molar refractivity (Wildman–Crippen MR) is 70.7 cm³/mol. The molecule has 19 heavy (non-hydrogen) atoms. The van der Waals surface area contributed by atoms with E-state index in [0.717, 1.165) is 0 Å². The van der Waals surface area contributed by atoms with Crippen LogP contribution in [-0.2, 0) is 9.59 Å². The van der Waals surface area contributed by atoms with Gasteiger partial charge >= 0.3 is 5.97 Å². The summed E-state index contributed by atoms with van der Waals surface area (Å²) in [5, 5.41) is 9.22. The number of pyridine rings is 1. The van der Waals surface area contributed by atoms with E-state index in [1.165, 1.54) is 4.90 Å². The Morgan fingerprint density at radius 2 is 2.00 bits per heavy atom. The summed E-state index contributed by atoms with van der Waals surface area (Å²) >= 11 is 0. The summed E-state index contributed by atoms with van der Waals surface area (Å²) in [6, 6.07) is 5.32. The van der Waals surface area contributed by atoms with Crippen molar-refractivity contribution < 1.29 is 14.7 Å². The number of aromatic nitrogens is 1. The van der Waals surface area contributed by atoms with E-state index < -0.39 is 17.8 Å². The molecule has 1 heterocycles. The molecule has 1 aromatic rings. The van der Waals surface area contributed by atoms with Gasteiger partial charge in [0.05, 0.1) is 11.8 Å². The monoisotopic (exact) mass is 262 g/mol. The zero-order chi connectivity index (χ0) is 14.0. The highest BCUT2D eigenvalue weighted by molar-refractivity contribution is 5.96. The number of hydrogen-bond acceptors (Lipinski definition) is 3. The minimum Gasteiger partial charge on any atom is -0.481 e. The summed E-state index contributed by atoms with van der Waals surface area (Å²) in [4.78, 5) is 29.2. The van der Waals surface area contributed by atoms with Gasteiger partial charge in [-0.3, -0.25) is 14.5 Å². The molecule has 5 heteroatoms. The highest BCUT2D eigenvalue weighted by Gasteiger charge is 2.42. The second-order valence-corrected chi connectivity index (χ2v) is 5.21. The molecular weight excluding hydrogens is 244 g/mol. The van der Waals surface area contributed by atoms with E-state index in [0.29, 0.717) is 18.7 Å². The number of anilines is 1. The van der Waals surface area contributed by atoms with Crippen molar-refractivity contribution in [1.82, 2.24) is 4.98 Å². The number of amides is 1. The van der Waals surface area contributed by atoms with E-state index in [1.807, 2.05) is 6.92 Å². The van der Waals surface area contributed by atoms with Crippen LogP contribution in [0.4, 0.5) is 5.82 Å². The van der Waals surface area contributed by atoms with Gasteiger partial charge in [-0.05, 0) is 30.9 Å². The lowest BCUT2D eigenvalue weighted by Crippen LogP contribution is -2.37. The largest absolute Gasteiger partial charge is 0.481 e. The molecule has 1 unspecified atom stereocenters. The van der Waals surface area contributed by atoms with Crippen molar-refractivity contribution in [2.24, 2.45) is 17.8 Å². The minimum absolute atomic E-state index is 0.157. The summed E-state index contributed by atoms with van der Waals surface area (Å²) in [5.41, 5.74) is 0. The molecule has 0 radical (unpaired) electrons. The third-order valence-corrected chi connectivity index (χ3v) is 3.76. The maximum atomic E-state index is 12.4. The summed E-state index contributed by atoms with van der Waals surface area (Å²) in [6.07, 6.45) is 2.82. The third kappa shape index (κ3) is 2.75. The highest BCUT2D eigenvalue weighted by atomic mass is 16.4. The molecule has 3 atom stereocenters. The van der Waals surface area contributed by atoms with Gasteiger partial charge in [0.1, 0.15) is 5.82 Å². The SMILES string of the molecule is CC1C[C@H](C(=O)N(C)c2ccccn2)[C@H](C(=O)O)C1. The molecule has 102 valence electrons. The van der Waals surface area contributed by atoms with Gasteiger partial charge in [0.25, 0.3) is 0 Å². The van der Waals surface area contributed by atoms with Crippen LogP contribution in [0.2, 0.25) is 0 Å². The van der Waals surface area contributed by atoms with Crippen LogP contribution in [0, 0.1) is 17.8 Å². The molecule has 1 aliphatic carbocycles. The number of carbonyl (C=O) groups excluding carboxylic acids is 1. The number of hydrogen-bond donors (Lipinski definition) is 1. The second kappa shape index (κ2) is 5.38. The number of carboxylic acids is 1. The fourth-order valence-corrected chi connectivity index (χ4v) is 2.75. The Hall–Kier alpha value is -1.91. The van der Waals surface area contributed by atoms with Crippen LogP contribution in [0.1, 0.15) is 19.8 Å². The lowest BCUT2D eigenvalue weighted by molar-refractivity contribution is -0.145. The lowest BCUT2D eigenvalue weighted by Gasteiger charge is -2.22. The molecular formula is C14H18N2O3. The van der Waals surface area contributed by atoms with Crippen LogP contribution in [-0.4, -0.2) is 29.0 Å². The van der Waals surface area contributed by atoms with E-state index in [9.17, 15) is 14.7 Å². The number of carbonyl (C=O) groups is 2. The number of rotatable bonds is 3. The van der Waals surface area contributed by atoms with Crippen molar-refractivity contribution in [3.63, 3.8) is 0 Å². The van der Waals surface area contributed by atoms with E-state index in [-0.39, 0.29) is 11.8 Å². The van der Waals surface area contributed by atoms with Gasteiger partial charge in [0.2, 0.25) is 5.91 Å². The van der Waals surface area contributed by atoms with Gasteiger partial charge in [-0.1, -0.05) is 13.0 Å². The van der Waals surface area contributed by atoms with Crippen molar-refractivity contribution >= 4 is 17.7 Å². The Labute approximate surface area is 112 Å². The maximum absolute atomic E-state index is 12.4. The van der Waals surface area contributed by atoms with Gasteiger partial charge in [-0.25, -0.2) is 4.98 Å². The first-order valence-electron chi connectivity index (χ1n) is 6.42.